The van der Waals surface area contributed by atoms with E-state index < -0.39 is 36.0 Å². The second-order valence-corrected chi connectivity index (χ2v) is 15.1. The average molecular weight is 691 g/mol. The number of epoxide rings is 1. The van der Waals surface area contributed by atoms with Crippen LogP contribution >= 0.6 is 0 Å². The van der Waals surface area contributed by atoms with Gasteiger partial charge in [0, 0.05) is 50.5 Å². The number of hydrogen-bond donors (Lipinski definition) is 3. The van der Waals surface area contributed by atoms with E-state index in [1.54, 1.807) is 24.0 Å². The normalized spacial score (nSPS) is 34.6. The van der Waals surface area contributed by atoms with Crippen LogP contribution in [0.4, 0.5) is 4.79 Å². The van der Waals surface area contributed by atoms with Gasteiger partial charge in [-0.25, -0.2) is 4.79 Å². The Balaban J connectivity index is 1.39. The monoisotopic (exact) mass is 690 g/mol. The zero-order valence-corrected chi connectivity index (χ0v) is 30.5. The third-order valence-electron chi connectivity index (χ3n) is 10.8. The molecule has 0 bridgehead atoms. The van der Waals surface area contributed by atoms with Crippen LogP contribution in [0.15, 0.2) is 36.0 Å². The maximum absolute atomic E-state index is 13.4. The summed E-state index contributed by atoms with van der Waals surface area (Å²) < 4.78 is 23.3. The SMILES string of the molecule is CCC(O)C(C)C1OC1CC(C)(O)/C=C/C=C(\C)C1OC(=O)CC(O)CCC(C)C(OC(=O)N2CCC(N3CCOCC3)CC2)/C=C/C1C. The van der Waals surface area contributed by atoms with Crippen molar-refractivity contribution in [3.63, 3.8) is 0 Å². The fraction of sp³-hybridized carbons (Fsp3) is 0.789. The van der Waals surface area contributed by atoms with Crippen LogP contribution in [0.5, 0.6) is 0 Å². The van der Waals surface area contributed by atoms with Crippen LogP contribution in [0, 0.1) is 17.8 Å². The first-order valence-electron chi connectivity index (χ1n) is 18.5. The summed E-state index contributed by atoms with van der Waals surface area (Å²) in [6.45, 7) is 16.2. The molecule has 4 aliphatic heterocycles. The van der Waals surface area contributed by atoms with Crippen molar-refractivity contribution < 1.29 is 43.9 Å². The molecule has 0 aromatic rings. The number of amides is 1. The Hall–Kier alpha value is -2.28. The zero-order chi connectivity index (χ0) is 35.7. The van der Waals surface area contributed by atoms with Gasteiger partial charge in [-0.15, -0.1) is 0 Å². The molecule has 4 aliphatic rings. The summed E-state index contributed by atoms with van der Waals surface area (Å²) in [6, 6.07) is 0.460. The molecule has 3 fully saturated rings. The molecule has 0 spiro atoms. The summed E-state index contributed by atoms with van der Waals surface area (Å²) in [7, 11) is 0. The number of allylic oxidation sites excluding steroid dienone is 2. The van der Waals surface area contributed by atoms with Crippen LogP contribution in [0.1, 0.15) is 86.5 Å². The van der Waals surface area contributed by atoms with Gasteiger partial charge in [0.05, 0.1) is 49.7 Å². The van der Waals surface area contributed by atoms with Crippen LogP contribution in [0.3, 0.4) is 0 Å². The van der Waals surface area contributed by atoms with E-state index in [1.165, 1.54) is 0 Å². The Bertz CT molecular complexity index is 1160. The molecule has 4 rings (SSSR count). The fourth-order valence-electron chi connectivity index (χ4n) is 7.35. The standard InChI is InChI=1S/C38H62N2O9/c1-7-31(42)28(5)36-33(47-36)24-38(6,45)16-8-9-26(3)35-27(4)11-13-32(25(2)10-12-30(41)23-34(43)49-35)48-37(44)40-17-14-29(15-18-40)39-19-21-46-22-20-39/h8-9,11,13,16,25,27-33,35-36,41-42,45H,7,10,12,14-15,17-24H2,1-6H3/b13-11+,16-8+,26-9+. The van der Waals surface area contributed by atoms with Crippen LogP contribution < -0.4 is 0 Å². The van der Waals surface area contributed by atoms with Crippen LogP contribution in [-0.4, -0.2) is 125 Å². The quantitative estimate of drug-likeness (QED) is 0.131. The number of hydrogen-bond acceptors (Lipinski definition) is 10. The molecule has 10 unspecified atom stereocenters. The van der Waals surface area contributed by atoms with E-state index in [9.17, 15) is 24.9 Å². The molecule has 0 aromatic carbocycles. The zero-order valence-electron chi connectivity index (χ0n) is 30.5. The van der Waals surface area contributed by atoms with E-state index in [1.807, 2.05) is 52.8 Å². The highest BCUT2D eigenvalue weighted by molar-refractivity contribution is 5.70. The van der Waals surface area contributed by atoms with Crippen LogP contribution in [0.25, 0.3) is 0 Å². The van der Waals surface area contributed by atoms with Crippen LogP contribution in [-0.2, 0) is 23.7 Å². The van der Waals surface area contributed by atoms with Crippen molar-refractivity contribution in [3.05, 3.63) is 36.0 Å². The summed E-state index contributed by atoms with van der Waals surface area (Å²) in [5, 5.41) is 31.8. The van der Waals surface area contributed by atoms with Crippen molar-refractivity contribution in [1.29, 1.82) is 0 Å². The minimum absolute atomic E-state index is 0.00460. The molecule has 0 radical (unpaired) electrons. The molecule has 0 aromatic heterocycles. The van der Waals surface area contributed by atoms with E-state index >= 15 is 0 Å². The van der Waals surface area contributed by atoms with Crippen molar-refractivity contribution in [2.24, 2.45) is 17.8 Å². The molecule has 11 heteroatoms. The highest BCUT2D eigenvalue weighted by Crippen LogP contribution is 2.37. The van der Waals surface area contributed by atoms with Gasteiger partial charge in [0.15, 0.2) is 0 Å². The first-order valence-corrected chi connectivity index (χ1v) is 18.5. The van der Waals surface area contributed by atoms with Crippen LogP contribution in [0.2, 0.25) is 0 Å². The van der Waals surface area contributed by atoms with Crippen molar-refractivity contribution in [2.75, 3.05) is 39.4 Å². The lowest BCUT2D eigenvalue weighted by molar-refractivity contribution is -0.151. The maximum atomic E-state index is 13.4. The fourth-order valence-corrected chi connectivity index (χ4v) is 7.35. The Labute approximate surface area is 293 Å². The van der Waals surface area contributed by atoms with Gasteiger partial charge in [0.2, 0.25) is 0 Å². The molecule has 49 heavy (non-hydrogen) atoms. The number of aliphatic hydroxyl groups is 3. The molecule has 3 saturated heterocycles. The summed E-state index contributed by atoms with van der Waals surface area (Å²) in [4.78, 5) is 30.5. The number of carbonyl (C=O) groups is 2. The van der Waals surface area contributed by atoms with Gasteiger partial charge in [0.1, 0.15) is 12.2 Å². The predicted octanol–water partition coefficient (Wildman–Crippen LogP) is 4.39. The smallest absolute Gasteiger partial charge is 0.410 e. The minimum atomic E-state index is -1.13. The van der Waals surface area contributed by atoms with E-state index in [-0.39, 0.29) is 42.5 Å². The van der Waals surface area contributed by atoms with E-state index in [0.717, 1.165) is 44.7 Å². The molecule has 3 N–H and O–H groups in total. The molecule has 10 atom stereocenters. The Morgan fingerprint density at radius 3 is 2.49 bits per heavy atom. The second kappa shape index (κ2) is 18.3. The molecule has 11 nitrogen and oxygen atoms in total. The molecular weight excluding hydrogens is 628 g/mol. The molecule has 0 aliphatic carbocycles. The van der Waals surface area contributed by atoms with Gasteiger partial charge < -0.3 is 39.2 Å². The summed E-state index contributed by atoms with van der Waals surface area (Å²) in [5.41, 5.74) is -0.356. The minimum Gasteiger partial charge on any atom is -0.457 e. The Morgan fingerprint density at radius 2 is 1.82 bits per heavy atom. The highest BCUT2D eigenvalue weighted by Gasteiger charge is 2.47. The predicted molar refractivity (Wildman–Crippen MR) is 187 cm³/mol. The lowest BCUT2D eigenvalue weighted by Gasteiger charge is -2.40. The first-order chi connectivity index (χ1) is 23.3. The van der Waals surface area contributed by atoms with E-state index in [0.29, 0.717) is 44.8 Å². The number of esters is 1. The first kappa shape index (κ1) is 39.5. The number of likely N-dealkylation sites (tertiary alicyclic amines) is 1. The Kier molecular flexibility index (Phi) is 14.7. The number of ether oxygens (including phenoxy) is 4. The average Bonchev–Trinajstić information content (AvgIpc) is 3.84. The number of piperidine rings is 1. The number of carbonyl (C=O) groups excluding carboxylic acids is 2. The Morgan fingerprint density at radius 1 is 1.12 bits per heavy atom. The second-order valence-electron chi connectivity index (χ2n) is 15.1. The number of rotatable bonds is 10. The summed E-state index contributed by atoms with van der Waals surface area (Å²) in [6.07, 6.45) is 9.98. The van der Waals surface area contributed by atoms with Gasteiger partial charge >= 0.3 is 12.1 Å². The van der Waals surface area contributed by atoms with Crippen molar-refractivity contribution >= 4 is 12.1 Å². The molecular formula is C38H62N2O9. The number of nitrogens with zero attached hydrogens (tertiary/aromatic N) is 2. The lowest BCUT2D eigenvalue weighted by atomic mass is 9.91. The van der Waals surface area contributed by atoms with E-state index in [4.69, 9.17) is 18.9 Å². The third kappa shape index (κ3) is 11.9. The summed E-state index contributed by atoms with van der Waals surface area (Å²) in [5.74, 6) is -0.786. The molecule has 0 saturated carbocycles. The highest BCUT2D eigenvalue weighted by atomic mass is 16.6. The van der Waals surface area contributed by atoms with Gasteiger partial charge in [-0.2, -0.15) is 0 Å². The van der Waals surface area contributed by atoms with E-state index in [2.05, 4.69) is 4.90 Å². The molecule has 4 heterocycles. The van der Waals surface area contributed by atoms with Crippen molar-refractivity contribution in [2.45, 2.75) is 135 Å². The molecule has 1 amide bonds. The topological polar surface area (TPSA) is 142 Å². The number of aliphatic hydroxyl groups excluding tert-OH is 2. The van der Waals surface area contributed by atoms with Gasteiger partial charge in [0.25, 0.3) is 0 Å². The van der Waals surface area contributed by atoms with Gasteiger partial charge in [-0.05, 0) is 63.5 Å². The molecule has 278 valence electrons. The number of cyclic esters (lactones) is 1. The third-order valence-corrected chi connectivity index (χ3v) is 10.8. The van der Waals surface area contributed by atoms with Gasteiger partial charge in [-0.3, -0.25) is 9.69 Å². The number of morpholine rings is 1. The lowest BCUT2D eigenvalue weighted by Crippen LogP contribution is -2.50. The van der Waals surface area contributed by atoms with Crippen molar-refractivity contribution in [1.82, 2.24) is 9.80 Å². The largest absolute Gasteiger partial charge is 0.457 e. The maximum Gasteiger partial charge on any atom is 0.410 e. The summed E-state index contributed by atoms with van der Waals surface area (Å²) >= 11 is 0. The van der Waals surface area contributed by atoms with Gasteiger partial charge in [-0.1, -0.05) is 52.0 Å². The van der Waals surface area contributed by atoms with Crippen molar-refractivity contribution in [3.8, 4) is 0 Å².